The second kappa shape index (κ2) is 7.82. The third kappa shape index (κ3) is 5.64. The summed E-state index contributed by atoms with van der Waals surface area (Å²) in [5.41, 5.74) is 6.02. The Hall–Kier alpha value is -0.420. The standard InChI is InChI=1S/C12H24N2O2S/c1-17(16)9-5-8-14-12(15)10-6-3-2-4-7-11(10)13/h10-11H,2-9,13H2,1H3,(H,14,15). The minimum absolute atomic E-state index is 0.0119. The lowest BCUT2D eigenvalue weighted by molar-refractivity contribution is -0.125. The van der Waals surface area contributed by atoms with Gasteiger partial charge in [0.2, 0.25) is 5.91 Å². The molecular weight excluding hydrogens is 236 g/mol. The highest BCUT2D eigenvalue weighted by Gasteiger charge is 2.26. The smallest absolute Gasteiger partial charge is 0.224 e. The van der Waals surface area contributed by atoms with Gasteiger partial charge in [-0.25, -0.2) is 0 Å². The zero-order valence-electron chi connectivity index (χ0n) is 10.6. The molecule has 1 aliphatic carbocycles. The summed E-state index contributed by atoms with van der Waals surface area (Å²) in [7, 11) is -0.771. The summed E-state index contributed by atoms with van der Waals surface area (Å²) >= 11 is 0. The van der Waals surface area contributed by atoms with Crippen molar-refractivity contribution in [3.05, 3.63) is 0 Å². The fraction of sp³-hybridized carbons (Fsp3) is 0.917. The Bertz CT molecular complexity index is 271. The first-order chi connectivity index (χ1) is 8.11. The molecule has 0 aromatic rings. The van der Waals surface area contributed by atoms with Gasteiger partial charge in [0.15, 0.2) is 0 Å². The second-order valence-electron chi connectivity index (χ2n) is 4.83. The normalized spacial score (nSPS) is 27.2. The van der Waals surface area contributed by atoms with E-state index in [1.807, 2.05) is 0 Å². The van der Waals surface area contributed by atoms with Crippen LogP contribution in [-0.2, 0) is 15.6 Å². The molecule has 0 aliphatic heterocycles. The minimum Gasteiger partial charge on any atom is -0.356 e. The first-order valence-electron chi connectivity index (χ1n) is 6.44. The lowest BCUT2D eigenvalue weighted by Gasteiger charge is -2.20. The predicted molar refractivity (Wildman–Crippen MR) is 71.1 cm³/mol. The lowest BCUT2D eigenvalue weighted by atomic mass is 9.94. The van der Waals surface area contributed by atoms with Crippen LogP contribution in [0.1, 0.15) is 38.5 Å². The summed E-state index contributed by atoms with van der Waals surface area (Å²) in [6, 6.07) is 0.0119. The van der Waals surface area contributed by atoms with Crippen LogP contribution in [0.25, 0.3) is 0 Å². The van der Waals surface area contributed by atoms with E-state index in [9.17, 15) is 9.00 Å². The SMILES string of the molecule is CS(=O)CCCNC(=O)C1CCCCCC1N. The van der Waals surface area contributed by atoms with Gasteiger partial charge in [-0.1, -0.05) is 19.3 Å². The van der Waals surface area contributed by atoms with E-state index < -0.39 is 10.8 Å². The molecular formula is C12H24N2O2S. The van der Waals surface area contributed by atoms with E-state index in [1.165, 1.54) is 6.42 Å². The molecule has 0 radical (unpaired) electrons. The number of rotatable bonds is 5. The van der Waals surface area contributed by atoms with Crippen LogP contribution in [0.15, 0.2) is 0 Å². The van der Waals surface area contributed by atoms with E-state index in [1.54, 1.807) is 6.26 Å². The number of nitrogens with one attached hydrogen (secondary N) is 1. The Balaban J connectivity index is 2.27. The van der Waals surface area contributed by atoms with E-state index >= 15 is 0 Å². The molecule has 1 aliphatic rings. The maximum absolute atomic E-state index is 11.9. The predicted octanol–water partition coefficient (Wildman–Crippen LogP) is 0.779. The second-order valence-corrected chi connectivity index (χ2v) is 6.38. The first kappa shape index (κ1) is 14.6. The van der Waals surface area contributed by atoms with Gasteiger partial charge in [-0.15, -0.1) is 0 Å². The molecule has 1 amide bonds. The lowest BCUT2D eigenvalue weighted by Crippen LogP contribution is -2.41. The molecule has 0 aromatic carbocycles. The first-order valence-corrected chi connectivity index (χ1v) is 8.17. The van der Waals surface area contributed by atoms with Crippen LogP contribution in [0.5, 0.6) is 0 Å². The summed E-state index contributed by atoms with van der Waals surface area (Å²) in [5.74, 6) is 0.711. The van der Waals surface area contributed by atoms with Crippen molar-refractivity contribution in [1.82, 2.24) is 5.32 Å². The van der Waals surface area contributed by atoms with Gasteiger partial charge >= 0.3 is 0 Å². The van der Waals surface area contributed by atoms with Crippen molar-refractivity contribution in [2.24, 2.45) is 11.7 Å². The molecule has 0 bridgehead atoms. The molecule has 1 fully saturated rings. The molecule has 0 saturated heterocycles. The Morgan fingerprint density at radius 3 is 2.76 bits per heavy atom. The Morgan fingerprint density at radius 1 is 1.35 bits per heavy atom. The Labute approximate surface area is 106 Å². The summed E-state index contributed by atoms with van der Waals surface area (Å²) in [6.07, 6.45) is 7.75. The summed E-state index contributed by atoms with van der Waals surface area (Å²) in [6.45, 7) is 0.613. The van der Waals surface area contributed by atoms with Gasteiger partial charge in [0.05, 0.1) is 5.92 Å². The highest BCUT2D eigenvalue weighted by Crippen LogP contribution is 2.22. The van der Waals surface area contributed by atoms with Gasteiger partial charge in [-0.3, -0.25) is 9.00 Å². The van der Waals surface area contributed by atoms with E-state index in [4.69, 9.17) is 5.73 Å². The number of carbonyl (C=O) groups excluding carboxylic acids is 1. The number of hydrogen-bond donors (Lipinski definition) is 2. The van der Waals surface area contributed by atoms with Gasteiger partial charge in [0.1, 0.15) is 0 Å². The zero-order chi connectivity index (χ0) is 12.7. The third-order valence-corrected chi connectivity index (χ3v) is 4.18. The molecule has 100 valence electrons. The maximum Gasteiger partial charge on any atom is 0.224 e. The van der Waals surface area contributed by atoms with Crippen LogP contribution in [-0.4, -0.2) is 34.7 Å². The van der Waals surface area contributed by atoms with Crippen LogP contribution >= 0.6 is 0 Å². The average Bonchev–Trinajstić information content (AvgIpc) is 2.48. The monoisotopic (exact) mass is 260 g/mol. The van der Waals surface area contributed by atoms with Crippen molar-refractivity contribution < 1.29 is 9.00 Å². The van der Waals surface area contributed by atoms with Crippen molar-refractivity contribution >= 4 is 16.7 Å². The van der Waals surface area contributed by atoms with Gasteiger partial charge in [-0.05, 0) is 19.3 Å². The van der Waals surface area contributed by atoms with Gasteiger partial charge in [0, 0.05) is 35.4 Å². The number of amides is 1. The Kier molecular flexibility index (Phi) is 6.73. The molecule has 5 heteroatoms. The molecule has 3 N–H and O–H groups in total. The topological polar surface area (TPSA) is 72.2 Å². The quantitative estimate of drug-likeness (QED) is 0.567. The molecule has 3 atom stereocenters. The molecule has 1 saturated carbocycles. The van der Waals surface area contributed by atoms with Gasteiger partial charge in [0.25, 0.3) is 0 Å². The van der Waals surface area contributed by atoms with E-state index in [0.29, 0.717) is 12.3 Å². The highest BCUT2D eigenvalue weighted by atomic mass is 32.2. The van der Waals surface area contributed by atoms with Crippen LogP contribution in [0.4, 0.5) is 0 Å². The number of hydrogen-bond acceptors (Lipinski definition) is 3. The summed E-state index contributed by atoms with van der Waals surface area (Å²) < 4.78 is 10.9. The van der Waals surface area contributed by atoms with Crippen molar-refractivity contribution in [2.75, 3.05) is 18.6 Å². The number of nitrogens with two attached hydrogens (primary N) is 1. The van der Waals surface area contributed by atoms with E-state index in [-0.39, 0.29) is 17.9 Å². The summed E-state index contributed by atoms with van der Waals surface area (Å²) in [5, 5.41) is 2.91. The van der Waals surface area contributed by atoms with Crippen LogP contribution < -0.4 is 11.1 Å². The molecule has 1 rings (SSSR count). The molecule has 4 nitrogen and oxygen atoms in total. The number of carbonyl (C=O) groups is 1. The zero-order valence-corrected chi connectivity index (χ0v) is 11.4. The highest BCUT2D eigenvalue weighted by molar-refractivity contribution is 7.84. The Morgan fingerprint density at radius 2 is 2.06 bits per heavy atom. The van der Waals surface area contributed by atoms with Crippen molar-refractivity contribution in [1.29, 1.82) is 0 Å². The largest absolute Gasteiger partial charge is 0.356 e. The fourth-order valence-corrected chi connectivity index (χ4v) is 2.83. The van der Waals surface area contributed by atoms with Crippen molar-refractivity contribution in [2.45, 2.75) is 44.6 Å². The van der Waals surface area contributed by atoms with Gasteiger partial charge < -0.3 is 11.1 Å². The maximum atomic E-state index is 11.9. The van der Waals surface area contributed by atoms with Crippen molar-refractivity contribution in [3.8, 4) is 0 Å². The van der Waals surface area contributed by atoms with E-state index in [0.717, 1.165) is 32.1 Å². The average molecular weight is 260 g/mol. The van der Waals surface area contributed by atoms with Crippen LogP contribution in [0, 0.1) is 5.92 Å². The molecule has 0 aromatic heterocycles. The minimum atomic E-state index is -0.771. The van der Waals surface area contributed by atoms with Crippen molar-refractivity contribution in [3.63, 3.8) is 0 Å². The van der Waals surface area contributed by atoms with E-state index in [2.05, 4.69) is 5.32 Å². The summed E-state index contributed by atoms with van der Waals surface area (Å²) in [4.78, 5) is 11.9. The van der Waals surface area contributed by atoms with Gasteiger partial charge in [-0.2, -0.15) is 0 Å². The molecule has 0 heterocycles. The van der Waals surface area contributed by atoms with Crippen LogP contribution in [0.2, 0.25) is 0 Å². The van der Waals surface area contributed by atoms with Crippen LogP contribution in [0.3, 0.4) is 0 Å². The molecule has 0 spiro atoms. The fourth-order valence-electron chi connectivity index (χ4n) is 2.28. The third-order valence-electron chi connectivity index (χ3n) is 3.31. The molecule has 3 unspecified atom stereocenters. The molecule has 17 heavy (non-hydrogen) atoms.